The molecular weight excluding hydrogens is 292 g/mol. The van der Waals surface area contributed by atoms with Crippen molar-refractivity contribution in [2.45, 2.75) is 30.8 Å². The van der Waals surface area contributed by atoms with E-state index in [0.29, 0.717) is 0 Å². The number of nitrogens with zero attached hydrogens (tertiary/aromatic N) is 2. The van der Waals surface area contributed by atoms with Crippen molar-refractivity contribution >= 4 is 16.1 Å². The van der Waals surface area contributed by atoms with Crippen LogP contribution in [0.3, 0.4) is 0 Å². The molecule has 1 unspecified atom stereocenters. The van der Waals surface area contributed by atoms with E-state index in [1.165, 1.54) is 10.4 Å². The molecule has 0 bridgehead atoms. The summed E-state index contributed by atoms with van der Waals surface area (Å²) >= 11 is 0. The Hall–Kier alpha value is -1.53. The summed E-state index contributed by atoms with van der Waals surface area (Å²) in [6, 6.07) is 6.82. The van der Waals surface area contributed by atoms with Crippen molar-refractivity contribution in [3.63, 3.8) is 0 Å². The first-order valence-corrected chi connectivity index (χ1v) is 8.29. The summed E-state index contributed by atoms with van der Waals surface area (Å²) < 4.78 is 31.6. The molecule has 21 heavy (non-hydrogen) atoms. The molecule has 1 aliphatic heterocycles. The average Bonchev–Trinajstić information content (AvgIpc) is 2.49. The van der Waals surface area contributed by atoms with Gasteiger partial charge in [-0.15, -0.1) is 0 Å². The number of sulfonamides is 1. The maximum absolute atomic E-state index is 12.6. The third-order valence-electron chi connectivity index (χ3n) is 3.33. The van der Waals surface area contributed by atoms with Crippen molar-refractivity contribution in [1.29, 1.82) is 0 Å². The van der Waals surface area contributed by atoms with Crippen LogP contribution in [0.15, 0.2) is 34.2 Å². The van der Waals surface area contributed by atoms with E-state index in [9.17, 15) is 13.2 Å². The number of rotatable bonds is 5. The highest BCUT2D eigenvalue weighted by atomic mass is 32.2. The number of isocyanates is 1. The highest BCUT2D eigenvalue weighted by Gasteiger charge is 2.34. The van der Waals surface area contributed by atoms with Gasteiger partial charge in [0.15, 0.2) is 6.17 Å². The van der Waals surface area contributed by atoms with Crippen molar-refractivity contribution in [2.75, 3.05) is 19.8 Å². The van der Waals surface area contributed by atoms with Gasteiger partial charge >= 0.3 is 0 Å². The van der Waals surface area contributed by atoms with Crippen molar-refractivity contribution in [3.05, 3.63) is 29.8 Å². The molecule has 7 heteroatoms. The van der Waals surface area contributed by atoms with E-state index < -0.39 is 16.2 Å². The molecule has 114 valence electrons. The number of hydrogen-bond acceptors (Lipinski definition) is 5. The van der Waals surface area contributed by atoms with E-state index in [2.05, 4.69) is 11.9 Å². The molecular formula is C14H18N2O4S. The lowest BCUT2D eigenvalue weighted by molar-refractivity contribution is 0.0359. The molecule has 1 aromatic carbocycles. The Morgan fingerprint density at radius 3 is 2.71 bits per heavy atom. The van der Waals surface area contributed by atoms with Crippen molar-refractivity contribution in [2.24, 2.45) is 4.99 Å². The maximum atomic E-state index is 12.6. The molecule has 0 radical (unpaired) electrons. The average molecular weight is 310 g/mol. The predicted octanol–water partition coefficient (Wildman–Crippen LogP) is 1.32. The molecule has 1 heterocycles. The van der Waals surface area contributed by atoms with Gasteiger partial charge in [0.05, 0.1) is 18.1 Å². The number of benzene rings is 1. The fraction of sp³-hybridized carbons (Fsp3) is 0.500. The predicted molar refractivity (Wildman–Crippen MR) is 77.1 cm³/mol. The number of carbonyl (C=O) groups excluding carboxylic acids is 1. The quantitative estimate of drug-likeness (QED) is 0.607. The highest BCUT2D eigenvalue weighted by Crippen LogP contribution is 2.21. The molecule has 1 saturated heterocycles. The summed E-state index contributed by atoms with van der Waals surface area (Å²) in [7, 11) is -3.68. The van der Waals surface area contributed by atoms with Crippen molar-refractivity contribution < 1.29 is 17.9 Å². The monoisotopic (exact) mass is 310 g/mol. The standard InChI is InChI=1S/C14H18N2O4S/c1-2-3-12-4-6-13(7-5-12)21(18,19)16-8-9-20-10-14(16)15-11-17/h4-7,14H,2-3,8-10H2,1H3. The number of hydrogen-bond donors (Lipinski definition) is 0. The van der Waals surface area contributed by atoms with Gasteiger partial charge in [-0.1, -0.05) is 25.5 Å². The molecule has 0 saturated carbocycles. The molecule has 0 aliphatic carbocycles. The first-order chi connectivity index (χ1) is 10.1. The molecule has 0 aromatic heterocycles. The topological polar surface area (TPSA) is 76.0 Å². The number of aliphatic imine (C=N–C) groups is 1. The second kappa shape index (κ2) is 6.95. The van der Waals surface area contributed by atoms with Crippen LogP contribution >= 0.6 is 0 Å². The minimum atomic E-state index is -3.68. The largest absolute Gasteiger partial charge is 0.376 e. The lowest BCUT2D eigenvalue weighted by Crippen LogP contribution is -2.47. The van der Waals surface area contributed by atoms with Gasteiger partial charge in [-0.25, -0.2) is 13.2 Å². The van der Waals surface area contributed by atoms with Crippen LogP contribution in [0.5, 0.6) is 0 Å². The minimum absolute atomic E-state index is 0.0718. The zero-order valence-electron chi connectivity index (χ0n) is 11.9. The Morgan fingerprint density at radius 2 is 2.10 bits per heavy atom. The SMILES string of the molecule is CCCc1ccc(S(=O)(=O)N2CCOCC2N=C=O)cc1. The van der Waals surface area contributed by atoms with Crippen LogP contribution in [-0.2, 0) is 26.0 Å². The minimum Gasteiger partial charge on any atom is -0.376 e. The Kier molecular flexibility index (Phi) is 5.25. The lowest BCUT2D eigenvalue weighted by Gasteiger charge is -2.31. The van der Waals surface area contributed by atoms with E-state index in [0.717, 1.165) is 18.4 Å². The number of ether oxygens (including phenoxy) is 1. The zero-order chi connectivity index (χ0) is 15.3. The van der Waals surface area contributed by atoms with E-state index in [-0.39, 0.29) is 24.7 Å². The van der Waals surface area contributed by atoms with Crippen LogP contribution in [0.1, 0.15) is 18.9 Å². The molecule has 0 spiro atoms. The second-order valence-corrected chi connectivity index (χ2v) is 6.68. The second-order valence-electron chi connectivity index (χ2n) is 4.79. The van der Waals surface area contributed by atoms with Crippen LogP contribution in [0.2, 0.25) is 0 Å². The Bertz CT molecular complexity index is 621. The molecule has 2 rings (SSSR count). The van der Waals surface area contributed by atoms with Gasteiger partial charge in [-0.3, -0.25) is 0 Å². The van der Waals surface area contributed by atoms with E-state index in [1.807, 2.05) is 12.1 Å². The summed E-state index contributed by atoms with van der Waals surface area (Å²) in [5.74, 6) is 0. The molecule has 0 N–H and O–H groups in total. The van der Waals surface area contributed by atoms with E-state index in [4.69, 9.17) is 4.74 Å². The van der Waals surface area contributed by atoms with Gasteiger partial charge in [-0.05, 0) is 24.1 Å². The zero-order valence-corrected chi connectivity index (χ0v) is 12.7. The van der Waals surface area contributed by atoms with E-state index in [1.54, 1.807) is 12.1 Å². The molecule has 1 atom stereocenters. The van der Waals surface area contributed by atoms with Gasteiger partial charge in [0.25, 0.3) is 0 Å². The molecule has 6 nitrogen and oxygen atoms in total. The summed E-state index contributed by atoms with van der Waals surface area (Å²) in [6.07, 6.45) is 2.49. The first-order valence-electron chi connectivity index (χ1n) is 6.85. The summed E-state index contributed by atoms with van der Waals surface area (Å²) in [5, 5.41) is 0. The Labute approximate surface area is 124 Å². The van der Waals surface area contributed by atoms with Crippen molar-refractivity contribution in [1.82, 2.24) is 4.31 Å². The Morgan fingerprint density at radius 1 is 1.38 bits per heavy atom. The molecule has 1 fully saturated rings. The van der Waals surface area contributed by atoms with Crippen LogP contribution in [0.4, 0.5) is 0 Å². The van der Waals surface area contributed by atoms with Crippen LogP contribution < -0.4 is 0 Å². The molecule has 0 amide bonds. The third-order valence-corrected chi connectivity index (χ3v) is 5.24. The first kappa shape index (κ1) is 15.9. The van der Waals surface area contributed by atoms with Gasteiger partial charge in [0.2, 0.25) is 16.1 Å². The van der Waals surface area contributed by atoms with Gasteiger partial charge < -0.3 is 4.74 Å². The summed E-state index contributed by atoms with van der Waals surface area (Å²) in [4.78, 5) is 14.2. The number of morpholine rings is 1. The van der Waals surface area contributed by atoms with Gasteiger partial charge in [0.1, 0.15) is 0 Å². The third kappa shape index (κ3) is 3.57. The summed E-state index contributed by atoms with van der Waals surface area (Å²) in [5.41, 5.74) is 1.10. The van der Waals surface area contributed by atoms with Gasteiger partial charge in [-0.2, -0.15) is 9.30 Å². The molecule has 1 aliphatic rings. The van der Waals surface area contributed by atoms with Gasteiger partial charge in [0, 0.05) is 6.54 Å². The molecule has 1 aromatic rings. The fourth-order valence-electron chi connectivity index (χ4n) is 2.27. The Balaban J connectivity index is 2.28. The maximum Gasteiger partial charge on any atom is 0.245 e. The fourth-order valence-corrected chi connectivity index (χ4v) is 3.76. The highest BCUT2D eigenvalue weighted by molar-refractivity contribution is 7.89. The number of aryl methyl sites for hydroxylation is 1. The normalized spacial score (nSPS) is 20.0. The lowest BCUT2D eigenvalue weighted by atomic mass is 10.1. The van der Waals surface area contributed by atoms with Crippen LogP contribution in [0, 0.1) is 0 Å². The smallest absolute Gasteiger partial charge is 0.245 e. The van der Waals surface area contributed by atoms with E-state index >= 15 is 0 Å². The van der Waals surface area contributed by atoms with Crippen LogP contribution in [0.25, 0.3) is 0 Å². The summed E-state index contributed by atoms with van der Waals surface area (Å²) in [6.45, 7) is 2.61. The van der Waals surface area contributed by atoms with Crippen LogP contribution in [-0.4, -0.2) is 44.7 Å². The van der Waals surface area contributed by atoms with Crippen molar-refractivity contribution in [3.8, 4) is 0 Å².